The highest BCUT2D eigenvalue weighted by molar-refractivity contribution is 8.00. The fraction of sp³-hybridized carbons (Fsp3) is 0.364. The third-order valence-corrected chi connectivity index (χ3v) is 6.57. The quantitative estimate of drug-likeness (QED) is 0.662. The Bertz CT molecular complexity index is 1050. The number of aromatic nitrogens is 1. The first-order chi connectivity index (χ1) is 14.9. The normalized spacial score (nSPS) is 19.3. The van der Waals surface area contributed by atoms with Gasteiger partial charge in [-0.25, -0.2) is 9.37 Å². The zero-order valence-corrected chi connectivity index (χ0v) is 17.9. The van der Waals surface area contributed by atoms with E-state index in [2.05, 4.69) is 17.1 Å². The van der Waals surface area contributed by atoms with Crippen molar-refractivity contribution in [2.75, 3.05) is 18.0 Å². The van der Waals surface area contributed by atoms with Gasteiger partial charge < -0.3 is 16.4 Å². The minimum Gasteiger partial charge on any atom is -0.368 e. The summed E-state index contributed by atoms with van der Waals surface area (Å²) in [6, 6.07) is 12.7. The number of alkyl halides is 1. The Morgan fingerprint density at radius 2 is 2.00 bits per heavy atom. The third kappa shape index (κ3) is 4.63. The molecule has 0 aliphatic carbocycles. The lowest BCUT2D eigenvalue weighted by atomic mass is 9.99. The van der Waals surface area contributed by atoms with E-state index in [4.69, 9.17) is 11.5 Å². The Balaban J connectivity index is 2.12. The number of anilines is 1. The number of pyridine rings is 1. The largest absolute Gasteiger partial charge is 0.368 e. The van der Waals surface area contributed by atoms with Crippen LogP contribution in [0.3, 0.4) is 0 Å². The Hall–Kier alpha value is -3.14. The van der Waals surface area contributed by atoms with E-state index in [-0.39, 0.29) is 17.7 Å². The second-order valence-corrected chi connectivity index (χ2v) is 8.37. The minimum atomic E-state index is -1.25. The number of piperidine rings is 1. The van der Waals surface area contributed by atoms with Gasteiger partial charge in [-0.3, -0.25) is 4.79 Å². The first-order valence-electron chi connectivity index (χ1n) is 9.93. The van der Waals surface area contributed by atoms with Gasteiger partial charge in [0.2, 0.25) is 5.91 Å². The summed E-state index contributed by atoms with van der Waals surface area (Å²) in [7, 11) is 0. The van der Waals surface area contributed by atoms with Gasteiger partial charge in [0.05, 0.1) is 17.7 Å². The van der Waals surface area contributed by atoms with E-state index >= 15 is 0 Å². The number of thioether (sulfide) groups is 1. The van der Waals surface area contributed by atoms with E-state index in [1.54, 1.807) is 29.2 Å². The first-order valence-corrected chi connectivity index (χ1v) is 10.8. The average molecular weight is 439 g/mol. The standard InChI is InChI=1S/C22H23FN6OS/c1-2-14-15(10-24)21(29-9-8-18(26)17(23)12-29)28-22(16(14)11-25)31-19(20(27)30)13-6-4-3-5-7-13/h3-7,17-19H,2,8-9,12,26H2,1H3,(H2,27,30)/t17-,18+,19?/m0/s1. The molecular weight excluding hydrogens is 415 g/mol. The van der Waals surface area contributed by atoms with Crippen molar-refractivity contribution in [3.8, 4) is 12.1 Å². The highest BCUT2D eigenvalue weighted by Gasteiger charge is 2.31. The maximum absolute atomic E-state index is 14.3. The number of carbonyl (C=O) groups is 1. The van der Waals surface area contributed by atoms with Crippen molar-refractivity contribution in [2.24, 2.45) is 11.5 Å². The third-order valence-electron chi connectivity index (χ3n) is 5.31. The zero-order valence-electron chi connectivity index (χ0n) is 17.1. The second-order valence-electron chi connectivity index (χ2n) is 7.27. The van der Waals surface area contributed by atoms with Crippen LogP contribution in [0.2, 0.25) is 0 Å². The molecular formula is C22H23FN6OS. The second kappa shape index (κ2) is 9.78. The number of hydrogen-bond acceptors (Lipinski definition) is 7. The van der Waals surface area contributed by atoms with Gasteiger partial charge in [-0.05, 0) is 24.0 Å². The molecule has 0 spiro atoms. The molecule has 31 heavy (non-hydrogen) atoms. The lowest BCUT2D eigenvalue weighted by Gasteiger charge is -2.34. The van der Waals surface area contributed by atoms with Gasteiger partial charge in [-0.1, -0.05) is 49.0 Å². The fourth-order valence-electron chi connectivity index (χ4n) is 3.64. The van der Waals surface area contributed by atoms with E-state index < -0.39 is 23.4 Å². The molecule has 2 heterocycles. The number of nitriles is 2. The van der Waals surface area contributed by atoms with E-state index in [0.717, 1.165) is 11.8 Å². The summed E-state index contributed by atoms with van der Waals surface area (Å²) in [4.78, 5) is 18.5. The van der Waals surface area contributed by atoms with Crippen LogP contribution in [0.5, 0.6) is 0 Å². The molecule has 2 aromatic rings. The van der Waals surface area contributed by atoms with Gasteiger partial charge in [-0.15, -0.1) is 0 Å². The van der Waals surface area contributed by atoms with Crippen LogP contribution in [-0.4, -0.2) is 36.2 Å². The smallest absolute Gasteiger partial charge is 0.235 e. The van der Waals surface area contributed by atoms with Crippen LogP contribution in [0.25, 0.3) is 0 Å². The number of hydrogen-bond donors (Lipinski definition) is 2. The summed E-state index contributed by atoms with van der Waals surface area (Å²) in [5, 5.41) is 19.2. The molecule has 7 nitrogen and oxygen atoms in total. The van der Waals surface area contributed by atoms with Crippen molar-refractivity contribution < 1.29 is 9.18 Å². The number of amides is 1. The van der Waals surface area contributed by atoms with Gasteiger partial charge in [0.1, 0.15) is 34.4 Å². The molecule has 0 bridgehead atoms. The summed E-state index contributed by atoms with van der Waals surface area (Å²) in [6.07, 6.45) is -0.416. The fourth-order valence-corrected chi connectivity index (χ4v) is 4.70. The number of nitrogens with zero attached hydrogens (tertiary/aromatic N) is 4. The zero-order chi connectivity index (χ0) is 22.5. The summed E-state index contributed by atoms with van der Waals surface area (Å²) in [6.45, 7) is 2.29. The molecule has 0 radical (unpaired) electrons. The number of nitrogens with two attached hydrogens (primary N) is 2. The molecule has 1 aliphatic rings. The van der Waals surface area contributed by atoms with Gasteiger partial charge in [0.15, 0.2) is 0 Å². The number of benzene rings is 1. The highest BCUT2D eigenvalue weighted by Crippen LogP contribution is 2.39. The predicted octanol–water partition coefficient (Wildman–Crippen LogP) is 2.58. The molecule has 1 fully saturated rings. The number of rotatable bonds is 6. The maximum atomic E-state index is 14.3. The predicted molar refractivity (Wildman–Crippen MR) is 117 cm³/mol. The Morgan fingerprint density at radius 1 is 1.32 bits per heavy atom. The van der Waals surface area contributed by atoms with Crippen LogP contribution in [0.15, 0.2) is 35.4 Å². The number of halogens is 1. The summed E-state index contributed by atoms with van der Waals surface area (Å²) in [5.74, 6) is -0.259. The highest BCUT2D eigenvalue weighted by atomic mass is 32.2. The van der Waals surface area contributed by atoms with E-state index in [1.165, 1.54) is 0 Å². The van der Waals surface area contributed by atoms with Crippen LogP contribution in [-0.2, 0) is 11.2 Å². The average Bonchev–Trinajstić information content (AvgIpc) is 2.78. The summed E-state index contributed by atoms with van der Waals surface area (Å²) >= 11 is 1.07. The Labute approximate surface area is 184 Å². The van der Waals surface area contributed by atoms with Crippen LogP contribution >= 0.6 is 11.8 Å². The van der Waals surface area contributed by atoms with E-state index in [9.17, 15) is 19.7 Å². The van der Waals surface area contributed by atoms with Crippen LogP contribution in [0.4, 0.5) is 10.2 Å². The minimum absolute atomic E-state index is 0.0138. The van der Waals surface area contributed by atoms with Crippen molar-refractivity contribution >= 4 is 23.5 Å². The first kappa shape index (κ1) is 22.5. The molecule has 1 aliphatic heterocycles. The van der Waals surface area contributed by atoms with Crippen LogP contribution in [0.1, 0.15) is 40.8 Å². The Morgan fingerprint density at radius 3 is 2.55 bits per heavy atom. The summed E-state index contributed by atoms with van der Waals surface area (Å²) in [5.41, 5.74) is 13.1. The lowest BCUT2D eigenvalue weighted by Crippen LogP contribution is -2.49. The molecule has 0 saturated carbocycles. The molecule has 3 atom stereocenters. The molecule has 1 aromatic carbocycles. The van der Waals surface area contributed by atoms with Crippen molar-refractivity contribution in [1.29, 1.82) is 10.5 Å². The van der Waals surface area contributed by atoms with Gasteiger partial charge in [-0.2, -0.15) is 10.5 Å². The molecule has 1 saturated heterocycles. The van der Waals surface area contributed by atoms with Crippen molar-refractivity contribution in [3.05, 3.63) is 52.6 Å². The molecule has 160 valence electrons. The van der Waals surface area contributed by atoms with Crippen LogP contribution in [0, 0.1) is 22.7 Å². The van der Waals surface area contributed by atoms with Crippen molar-refractivity contribution in [2.45, 2.75) is 42.3 Å². The van der Waals surface area contributed by atoms with Gasteiger partial charge >= 0.3 is 0 Å². The lowest BCUT2D eigenvalue weighted by molar-refractivity contribution is -0.117. The van der Waals surface area contributed by atoms with Crippen molar-refractivity contribution in [1.82, 2.24) is 4.98 Å². The molecule has 4 N–H and O–H groups in total. The van der Waals surface area contributed by atoms with E-state index in [0.29, 0.717) is 41.4 Å². The topological polar surface area (TPSA) is 133 Å². The SMILES string of the molecule is CCc1c(C#N)c(SC(C(N)=O)c2ccccc2)nc(N2CC[C@@H](N)[C@@H](F)C2)c1C#N. The monoisotopic (exact) mass is 438 g/mol. The van der Waals surface area contributed by atoms with Crippen molar-refractivity contribution in [3.63, 3.8) is 0 Å². The molecule has 1 unspecified atom stereocenters. The number of primary amides is 1. The van der Waals surface area contributed by atoms with Gasteiger partial charge in [0.25, 0.3) is 0 Å². The maximum Gasteiger partial charge on any atom is 0.235 e. The van der Waals surface area contributed by atoms with Gasteiger partial charge in [0, 0.05) is 12.6 Å². The molecule has 3 rings (SSSR count). The van der Waals surface area contributed by atoms with Crippen LogP contribution < -0.4 is 16.4 Å². The molecule has 1 aromatic heterocycles. The Kier molecular flexibility index (Phi) is 7.11. The molecule has 9 heteroatoms. The molecule has 1 amide bonds. The van der Waals surface area contributed by atoms with E-state index in [1.807, 2.05) is 13.0 Å². The summed E-state index contributed by atoms with van der Waals surface area (Å²) < 4.78 is 14.3. The number of carbonyl (C=O) groups excluding carboxylic acids is 1.